The van der Waals surface area contributed by atoms with Crippen molar-refractivity contribution in [1.82, 2.24) is 15.2 Å². The average molecular weight is 436 g/mol. The highest BCUT2D eigenvalue weighted by Crippen LogP contribution is 2.37. The predicted molar refractivity (Wildman–Crippen MR) is 113 cm³/mol. The van der Waals surface area contributed by atoms with Gasteiger partial charge in [-0.3, -0.25) is 9.69 Å². The molecule has 2 aromatic heterocycles. The number of ether oxygens (including phenoxy) is 1. The summed E-state index contributed by atoms with van der Waals surface area (Å²) in [7, 11) is 1.64. The number of hydrogen-bond acceptors (Lipinski definition) is 5. The summed E-state index contributed by atoms with van der Waals surface area (Å²) in [6.07, 6.45) is 1.53. The Morgan fingerprint density at radius 2 is 2.21 bits per heavy atom. The molecule has 0 radical (unpaired) electrons. The summed E-state index contributed by atoms with van der Waals surface area (Å²) in [4.78, 5) is 20.7. The summed E-state index contributed by atoms with van der Waals surface area (Å²) in [5.74, 6) is -0.114. The number of nitrogens with one attached hydrogen (secondary N) is 1. The number of thiophene rings is 1. The zero-order chi connectivity index (χ0) is 19.7. The van der Waals surface area contributed by atoms with E-state index in [1.807, 2.05) is 24.3 Å². The molecule has 1 N–H and O–H groups in total. The maximum Gasteiger partial charge on any atom is 0.261 e. The molecule has 0 bridgehead atoms. The lowest BCUT2D eigenvalue weighted by molar-refractivity contribution is -0.0323. The van der Waals surface area contributed by atoms with Gasteiger partial charge in [0.2, 0.25) is 0 Å². The van der Waals surface area contributed by atoms with Crippen molar-refractivity contribution in [2.45, 2.75) is 12.6 Å². The number of carbonyl (C=O) groups excluding carboxylic acids is 1. The summed E-state index contributed by atoms with van der Waals surface area (Å²) in [5.41, 5.74) is 1.90. The van der Waals surface area contributed by atoms with Crippen LogP contribution in [0, 0.1) is 0 Å². The first-order valence-electron chi connectivity index (χ1n) is 8.95. The molecule has 0 unspecified atom stereocenters. The Morgan fingerprint density at radius 3 is 3.04 bits per heavy atom. The van der Waals surface area contributed by atoms with E-state index in [9.17, 15) is 4.79 Å². The average Bonchev–Trinajstić information content (AvgIpc) is 3.11. The van der Waals surface area contributed by atoms with Crippen molar-refractivity contribution >= 4 is 50.7 Å². The fraction of sp³-hybridized carbons (Fsp3) is 0.300. The van der Waals surface area contributed by atoms with Crippen LogP contribution in [0.25, 0.3) is 10.2 Å². The second-order valence-corrected chi connectivity index (χ2v) is 8.37. The maximum absolute atomic E-state index is 12.5. The highest BCUT2D eigenvalue weighted by Gasteiger charge is 2.30. The number of nitrogens with zero attached hydrogens (tertiary/aromatic N) is 2. The number of morpholine rings is 1. The highest BCUT2D eigenvalue weighted by molar-refractivity contribution is 7.20. The van der Waals surface area contributed by atoms with Crippen LogP contribution in [0.4, 0.5) is 0 Å². The molecule has 146 valence electrons. The van der Waals surface area contributed by atoms with E-state index < -0.39 is 0 Å². The molecule has 1 amide bonds. The van der Waals surface area contributed by atoms with E-state index in [-0.39, 0.29) is 12.0 Å². The molecule has 0 spiro atoms. The number of aromatic nitrogens is 1. The van der Waals surface area contributed by atoms with E-state index in [0.29, 0.717) is 34.6 Å². The van der Waals surface area contributed by atoms with E-state index >= 15 is 0 Å². The van der Waals surface area contributed by atoms with Gasteiger partial charge in [0.05, 0.1) is 22.8 Å². The molecule has 1 saturated heterocycles. The first-order valence-corrected chi connectivity index (χ1v) is 10.5. The van der Waals surface area contributed by atoms with Crippen molar-refractivity contribution in [3.63, 3.8) is 0 Å². The van der Waals surface area contributed by atoms with Crippen molar-refractivity contribution in [1.29, 1.82) is 0 Å². The standard InChI is InChI=1S/C20H19Cl2N3O2S/c1-23-19(26)18-16(13-5-3-7-24-20(13)28-18)15-11-25(8-9-27-15)10-12-4-2-6-14(21)17(12)22/h2-7,15H,8-11H2,1H3,(H,23,26)/t15-/m0/s1. The number of amides is 1. The Kier molecular flexibility index (Phi) is 5.85. The molecule has 28 heavy (non-hydrogen) atoms. The minimum Gasteiger partial charge on any atom is -0.371 e. The van der Waals surface area contributed by atoms with E-state index in [0.717, 1.165) is 27.9 Å². The van der Waals surface area contributed by atoms with Gasteiger partial charge < -0.3 is 10.1 Å². The Hall–Kier alpha value is -1.70. The Balaban J connectivity index is 1.65. The van der Waals surface area contributed by atoms with E-state index in [1.54, 1.807) is 19.3 Å². The minimum absolute atomic E-state index is 0.114. The molecule has 1 aliphatic heterocycles. The zero-order valence-electron chi connectivity index (χ0n) is 15.2. The first kappa shape index (κ1) is 19.6. The Bertz CT molecular complexity index is 1020. The number of pyridine rings is 1. The lowest BCUT2D eigenvalue weighted by atomic mass is 10.0. The SMILES string of the molecule is CNC(=O)c1sc2ncccc2c1[C@@H]1CN(Cc2cccc(Cl)c2Cl)CCO1. The normalized spacial score (nSPS) is 17.8. The fourth-order valence-corrected chi connectivity index (χ4v) is 5.01. The molecule has 1 atom stereocenters. The molecule has 3 heterocycles. The summed E-state index contributed by atoms with van der Waals surface area (Å²) in [5, 5.41) is 4.84. The number of hydrogen-bond donors (Lipinski definition) is 1. The molecule has 0 saturated carbocycles. The lowest BCUT2D eigenvalue weighted by Crippen LogP contribution is -2.38. The van der Waals surface area contributed by atoms with Crippen molar-refractivity contribution < 1.29 is 9.53 Å². The number of benzene rings is 1. The van der Waals surface area contributed by atoms with E-state index in [2.05, 4.69) is 15.2 Å². The largest absolute Gasteiger partial charge is 0.371 e. The molecule has 3 aromatic rings. The third-order valence-corrected chi connectivity index (χ3v) is 6.82. The van der Waals surface area contributed by atoms with E-state index in [1.165, 1.54) is 11.3 Å². The van der Waals surface area contributed by atoms with Gasteiger partial charge in [0.1, 0.15) is 9.71 Å². The molecular formula is C20H19Cl2N3O2S. The Labute approximate surface area is 177 Å². The molecule has 5 nitrogen and oxygen atoms in total. The van der Waals surface area contributed by atoms with Crippen LogP contribution in [0.15, 0.2) is 36.5 Å². The Morgan fingerprint density at radius 1 is 1.36 bits per heavy atom. The molecule has 0 aliphatic carbocycles. The van der Waals surface area contributed by atoms with Gasteiger partial charge >= 0.3 is 0 Å². The van der Waals surface area contributed by atoms with E-state index in [4.69, 9.17) is 27.9 Å². The topological polar surface area (TPSA) is 54.5 Å². The number of fused-ring (bicyclic) bond motifs is 1. The summed E-state index contributed by atoms with van der Waals surface area (Å²) >= 11 is 13.9. The van der Waals surface area contributed by atoms with Gasteiger partial charge in [0.25, 0.3) is 5.91 Å². The number of carbonyl (C=O) groups is 1. The van der Waals surface area contributed by atoms with Crippen LogP contribution >= 0.6 is 34.5 Å². The first-order chi connectivity index (χ1) is 13.6. The third-order valence-electron chi connectivity index (χ3n) is 4.84. The monoisotopic (exact) mass is 435 g/mol. The molecule has 1 aromatic carbocycles. The predicted octanol–water partition coefficient (Wildman–Crippen LogP) is 4.54. The van der Waals surface area contributed by atoms with Gasteiger partial charge in [-0.25, -0.2) is 4.98 Å². The van der Waals surface area contributed by atoms with Crippen LogP contribution in [0.3, 0.4) is 0 Å². The molecular weight excluding hydrogens is 417 g/mol. The van der Waals surface area contributed by atoms with Crippen molar-refractivity contribution in [2.24, 2.45) is 0 Å². The van der Waals surface area contributed by atoms with Crippen LogP contribution < -0.4 is 5.32 Å². The van der Waals surface area contributed by atoms with Gasteiger partial charge in [-0.15, -0.1) is 11.3 Å². The number of rotatable bonds is 4. The molecule has 4 rings (SSSR count). The second-order valence-electron chi connectivity index (χ2n) is 6.59. The summed E-state index contributed by atoms with van der Waals surface area (Å²) < 4.78 is 6.09. The van der Waals surface area contributed by atoms with Gasteiger partial charge in [0.15, 0.2) is 0 Å². The number of halogens is 2. The summed E-state index contributed by atoms with van der Waals surface area (Å²) in [6.45, 7) is 2.70. The highest BCUT2D eigenvalue weighted by atomic mass is 35.5. The molecule has 1 fully saturated rings. The van der Waals surface area contributed by atoms with Crippen molar-refractivity contribution in [3.8, 4) is 0 Å². The van der Waals surface area contributed by atoms with Crippen LogP contribution in [0.2, 0.25) is 10.0 Å². The zero-order valence-corrected chi connectivity index (χ0v) is 17.6. The fourth-order valence-electron chi connectivity index (χ4n) is 3.49. The minimum atomic E-state index is -0.211. The van der Waals surface area contributed by atoms with Crippen molar-refractivity contribution in [3.05, 3.63) is 62.6 Å². The van der Waals surface area contributed by atoms with Crippen LogP contribution in [0.1, 0.15) is 26.9 Å². The van der Waals surface area contributed by atoms with Gasteiger partial charge in [-0.1, -0.05) is 41.4 Å². The lowest BCUT2D eigenvalue weighted by Gasteiger charge is -2.33. The second kappa shape index (κ2) is 8.35. The third kappa shape index (κ3) is 3.75. The van der Waals surface area contributed by atoms with Gasteiger partial charge in [-0.05, 0) is 17.7 Å². The molecule has 8 heteroatoms. The van der Waals surface area contributed by atoms with Crippen LogP contribution in [-0.4, -0.2) is 42.5 Å². The van der Waals surface area contributed by atoms with Gasteiger partial charge in [0, 0.05) is 43.8 Å². The van der Waals surface area contributed by atoms with Crippen molar-refractivity contribution in [2.75, 3.05) is 26.7 Å². The molecule has 1 aliphatic rings. The van der Waals surface area contributed by atoms with Crippen LogP contribution in [0.5, 0.6) is 0 Å². The smallest absolute Gasteiger partial charge is 0.261 e. The quantitative estimate of drug-likeness (QED) is 0.653. The van der Waals surface area contributed by atoms with Gasteiger partial charge in [-0.2, -0.15) is 0 Å². The summed E-state index contributed by atoms with van der Waals surface area (Å²) in [6, 6.07) is 9.56. The maximum atomic E-state index is 12.5. The van der Waals surface area contributed by atoms with Crippen LogP contribution in [-0.2, 0) is 11.3 Å².